The van der Waals surface area contributed by atoms with Gasteiger partial charge in [-0.3, -0.25) is 9.89 Å². The molecule has 0 bridgehead atoms. The first-order chi connectivity index (χ1) is 12.9. The zero-order chi connectivity index (χ0) is 19.6. The maximum atomic E-state index is 13.8. The van der Waals surface area contributed by atoms with Gasteiger partial charge in [-0.05, 0) is 31.2 Å². The highest BCUT2D eigenvalue weighted by atomic mass is 32.2. The molecule has 1 amide bonds. The first-order valence-electron chi connectivity index (χ1n) is 7.65. The number of hydrogen-bond donors (Lipinski definition) is 2. The number of hydrogen-bond acceptors (Lipinski definition) is 4. The molecule has 1 heterocycles. The van der Waals surface area contributed by atoms with E-state index in [1.807, 2.05) is 0 Å². The third-order valence-electron chi connectivity index (χ3n) is 3.54. The second-order valence-corrected chi connectivity index (χ2v) is 6.73. The number of carbonyl (C=O) groups is 1. The molecule has 3 rings (SSSR count). The topological polar surface area (TPSA) is 70.7 Å². The number of nitrogens with one attached hydrogen (secondary N) is 2. The fraction of sp³-hybridized carbons (Fsp3) is 0.118. The Morgan fingerprint density at radius 3 is 2.56 bits per heavy atom. The average molecular weight is 396 g/mol. The van der Waals surface area contributed by atoms with Crippen LogP contribution in [0.5, 0.6) is 0 Å². The van der Waals surface area contributed by atoms with Crippen LogP contribution in [-0.4, -0.2) is 26.3 Å². The molecule has 0 fully saturated rings. The van der Waals surface area contributed by atoms with E-state index in [0.29, 0.717) is 6.07 Å². The Balaban J connectivity index is 1.69. The van der Waals surface area contributed by atoms with Gasteiger partial charge in [-0.15, -0.1) is 5.10 Å². The zero-order valence-electron chi connectivity index (χ0n) is 13.8. The third-order valence-corrected chi connectivity index (χ3v) is 4.50. The molecule has 0 aliphatic heterocycles. The molecule has 1 aromatic heterocycles. The largest absolute Gasteiger partial charge is 0.323 e. The molecule has 1 atom stereocenters. The standard InChI is InChI=1S/C17H12F4N4OS/c1-8(16(26)22-12-7-6-11(19)13(20)14(12)21)27-17-23-15(24-25-17)9-4-2-3-5-10(9)18/h2-8H,1H3,(H,22,26)(H,23,24,25). The van der Waals surface area contributed by atoms with Gasteiger partial charge in [0.2, 0.25) is 11.1 Å². The molecule has 0 aliphatic carbocycles. The highest BCUT2D eigenvalue weighted by molar-refractivity contribution is 8.00. The molecule has 27 heavy (non-hydrogen) atoms. The fourth-order valence-electron chi connectivity index (χ4n) is 2.14. The zero-order valence-corrected chi connectivity index (χ0v) is 14.6. The summed E-state index contributed by atoms with van der Waals surface area (Å²) in [7, 11) is 0. The van der Waals surface area contributed by atoms with E-state index in [1.54, 1.807) is 6.07 Å². The highest BCUT2D eigenvalue weighted by Gasteiger charge is 2.21. The molecule has 5 nitrogen and oxygen atoms in total. The molecular formula is C17H12F4N4OS. The van der Waals surface area contributed by atoms with Crippen LogP contribution >= 0.6 is 11.8 Å². The SMILES string of the molecule is CC(Sc1n[nH]c(-c2ccccc2F)n1)C(=O)Nc1ccc(F)c(F)c1F. The monoisotopic (exact) mass is 396 g/mol. The van der Waals surface area contributed by atoms with E-state index < -0.39 is 40.1 Å². The van der Waals surface area contributed by atoms with E-state index in [-0.39, 0.29) is 16.5 Å². The molecular weight excluding hydrogens is 384 g/mol. The van der Waals surface area contributed by atoms with Crippen LogP contribution in [-0.2, 0) is 4.79 Å². The Morgan fingerprint density at radius 2 is 1.81 bits per heavy atom. The summed E-state index contributed by atoms with van der Waals surface area (Å²) in [5, 5.41) is 8.03. The Morgan fingerprint density at radius 1 is 1.07 bits per heavy atom. The third kappa shape index (κ3) is 4.11. The second kappa shape index (κ2) is 7.78. The lowest BCUT2D eigenvalue weighted by Gasteiger charge is -2.11. The minimum absolute atomic E-state index is 0.168. The number of thioether (sulfide) groups is 1. The molecule has 0 radical (unpaired) electrons. The summed E-state index contributed by atoms with van der Waals surface area (Å²) in [5.74, 6) is -5.46. The van der Waals surface area contributed by atoms with Crippen molar-refractivity contribution in [2.45, 2.75) is 17.3 Å². The van der Waals surface area contributed by atoms with Gasteiger partial charge >= 0.3 is 0 Å². The molecule has 10 heteroatoms. The lowest BCUT2D eigenvalue weighted by molar-refractivity contribution is -0.115. The van der Waals surface area contributed by atoms with Crippen molar-refractivity contribution in [3.8, 4) is 11.4 Å². The molecule has 0 saturated carbocycles. The summed E-state index contributed by atoms with van der Waals surface area (Å²) in [6, 6.07) is 7.60. The summed E-state index contributed by atoms with van der Waals surface area (Å²) in [5.41, 5.74) is -0.258. The first kappa shape index (κ1) is 18.9. The maximum Gasteiger partial charge on any atom is 0.237 e. The summed E-state index contributed by atoms with van der Waals surface area (Å²) < 4.78 is 53.6. The Bertz CT molecular complexity index is 995. The van der Waals surface area contributed by atoms with E-state index in [0.717, 1.165) is 17.8 Å². The summed E-state index contributed by atoms with van der Waals surface area (Å²) in [4.78, 5) is 16.3. The number of carbonyl (C=O) groups excluding carboxylic acids is 1. The molecule has 0 spiro atoms. The van der Waals surface area contributed by atoms with Crippen molar-refractivity contribution in [1.29, 1.82) is 0 Å². The fourth-order valence-corrected chi connectivity index (χ4v) is 2.87. The van der Waals surface area contributed by atoms with Gasteiger partial charge in [0.1, 0.15) is 5.82 Å². The normalized spacial score (nSPS) is 12.0. The summed E-state index contributed by atoms with van der Waals surface area (Å²) in [6.45, 7) is 1.50. The Kier molecular flexibility index (Phi) is 5.45. The van der Waals surface area contributed by atoms with Gasteiger partial charge in [0.25, 0.3) is 0 Å². The van der Waals surface area contributed by atoms with Gasteiger partial charge in [0, 0.05) is 0 Å². The number of anilines is 1. The molecule has 0 aliphatic rings. The number of aromatic nitrogens is 3. The molecule has 0 saturated heterocycles. The number of halogens is 4. The predicted octanol–water partition coefficient (Wildman–Crippen LogP) is 4.15. The molecule has 140 valence electrons. The van der Waals surface area contributed by atoms with Crippen LogP contribution in [0, 0.1) is 23.3 Å². The van der Waals surface area contributed by atoms with Crippen molar-refractivity contribution in [2.24, 2.45) is 0 Å². The number of amides is 1. The number of benzene rings is 2. The molecule has 1 unspecified atom stereocenters. The Labute approximate surface area is 155 Å². The highest BCUT2D eigenvalue weighted by Crippen LogP contribution is 2.26. The van der Waals surface area contributed by atoms with Crippen molar-refractivity contribution in [1.82, 2.24) is 15.2 Å². The van der Waals surface area contributed by atoms with Crippen LogP contribution in [0.15, 0.2) is 41.6 Å². The van der Waals surface area contributed by atoms with Gasteiger partial charge in [-0.1, -0.05) is 23.9 Å². The van der Waals surface area contributed by atoms with E-state index >= 15 is 0 Å². The van der Waals surface area contributed by atoms with Crippen LogP contribution in [0.2, 0.25) is 0 Å². The number of aromatic amines is 1. The van der Waals surface area contributed by atoms with Crippen LogP contribution in [0.3, 0.4) is 0 Å². The first-order valence-corrected chi connectivity index (χ1v) is 8.53. The van der Waals surface area contributed by atoms with Crippen molar-refractivity contribution in [2.75, 3.05) is 5.32 Å². The summed E-state index contributed by atoms with van der Waals surface area (Å²) in [6.07, 6.45) is 0. The summed E-state index contributed by atoms with van der Waals surface area (Å²) >= 11 is 0.927. The number of nitrogens with zero attached hydrogens (tertiary/aromatic N) is 2. The van der Waals surface area contributed by atoms with Crippen molar-refractivity contribution < 1.29 is 22.4 Å². The van der Waals surface area contributed by atoms with Crippen molar-refractivity contribution in [3.05, 3.63) is 59.7 Å². The van der Waals surface area contributed by atoms with Crippen LogP contribution in [0.4, 0.5) is 23.2 Å². The molecule has 2 aromatic carbocycles. The van der Waals surface area contributed by atoms with Gasteiger partial charge in [-0.2, -0.15) is 0 Å². The average Bonchev–Trinajstić information content (AvgIpc) is 3.10. The predicted molar refractivity (Wildman–Crippen MR) is 92.0 cm³/mol. The van der Waals surface area contributed by atoms with Gasteiger partial charge in [-0.25, -0.2) is 22.5 Å². The smallest absolute Gasteiger partial charge is 0.237 e. The lowest BCUT2D eigenvalue weighted by atomic mass is 10.2. The quantitative estimate of drug-likeness (QED) is 0.386. The Hall–Kier alpha value is -2.88. The van der Waals surface area contributed by atoms with Crippen molar-refractivity contribution in [3.63, 3.8) is 0 Å². The molecule has 2 N–H and O–H groups in total. The van der Waals surface area contributed by atoms with Crippen molar-refractivity contribution >= 4 is 23.4 Å². The van der Waals surface area contributed by atoms with Gasteiger partial charge in [0.15, 0.2) is 23.3 Å². The minimum atomic E-state index is -1.67. The maximum absolute atomic E-state index is 13.8. The van der Waals surface area contributed by atoms with Gasteiger partial charge < -0.3 is 5.32 Å². The number of rotatable bonds is 5. The van der Waals surface area contributed by atoms with E-state index in [1.165, 1.54) is 25.1 Å². The second-order valence-electron chi connectivity index (χ2n) is 5.42. The van der Waals surface area contributed by atoms with Crippen LogP contribution < -0.4 is 5.32 Å². The van der Waals surface area contributed by atoms with Crippen LogP contribution in [0.1, 0.15) is 6.92 Å². The van der Waals surface area contributed by atoms with E-state index in [9.17, 15) is 22.4 Å². The van der Waals surface area contributed by atoms with E-state index in [2.05, 4.69) is 20.5 Å². The minimum Gasteiger partial charge on any atom is -0.323 e. The lowest BCUT2D eigenvalue weighted by Crippen LogP contribution is -2.23. The molecule has 3 aromatic rings. The van der Waals surface area contributed by atoms with E-state index in [4.69, 9.17) is 0 Å². The van der Waals surface area contributed by atoms with Gasteiger partial charge in [0.05, 0.1) is 16.5 Å². The number of H-pyrrole nitrogens is 1. The van der Waals surface area contributed by atoms with Crippen LogP contribution in [0.25, 0.3) is 11.4 Å².